The van der Waals surface area contributed by atoms with Crippen LogP contribution in [0.2, 0.25) is 0 Å². The van der Waals surface area contributed by atoms with Crippen LogP contribution in [0.3, 0.4) is 0 Å². The highest BCUT2D eigenvalue weighted by Crippen LogP contribution is 2.07. The molecule has 0 saturated carbocycles. The van der Waals surface area contributed by atoms with Gasteiger partial charge in [0.2, 0.25) is 5.91 Å². The fourth-order valence-electron chi connectivity index (χ4n) is 1.98. The summed E-state index contributed by atoms with van der Waals surface area (Å²) < 4.78 is 5.67. The van der Waals surface area contributed by atoms with Crippen LogP contribution in [-0.2, 0) is 9.53 Å². The zero-order valence-corrected chi connectivity index (χ0v) is 11.4. The van der Waals surface area contributed by atoms with Crippen LogP contribution in [0.25, 0.3) is 0 Å². The zero-order chi connectivity index (χ0) is 13.4. The van der Waals surface area contributed by atoms with Gasteiger partial charge in [0, 0.05) is 6.42 Å². The summed E-state index contributed by atoms with van der Waals surface area (Å²) in [6.07, 6.45) is 2.70. The van der Waals surface area contributed by atoms with E-state index in [2.05, 4.69) is 10.6 Å². The van der Waals surface area contributed by atoms with Gasteiger partial charge in [-0.25, -0.2) is 0 Å². The maximum absolute atomic E-state index is 11.6. The standard InChI is InChI=1S/C13H26N2O3/c1-10(2)12(9-16)15-13(17)5-8-18-11-3-6-14-7-4-11/h10-12,14,16H,3-9H2,1-2H3,(H,15,17). The molecule has 1 saturated heterocycles. The molecule has 0 aromatic heterocycles. The lowest BCUT2D eigenvalue weighted by atomic mass is 10.1. The Kier molecular flexibility index (Phi) is 7.23. The van der Waals surface area contributed by atoms with Crippen LogP contribution in [0.15, 0.2) is 0 Å². The van der Waals surface area contributed by atoms with Crippen molar-refractivity contribution in [1.82, 2.24) is 10.6 Å². The third-order valence-electron chi connectivity index (χ3n) is 3.32. The monoisotopic (exact) mass is 258 g/mol. The van der Waals surface area contributed by atoms with Crippen molar-refractivity contribution in [3.63, 3.8) is 0 Å². The summed E-state index contributed by atoms with van der Waals surface area (Å²) in [5.74, 6) is 0.195. The molecule has 0 spiro atoms. The predicted molar refractivity (Wildman–Crippen MR) is 70.3 cm³/mol. The Morgan fingerprint density at radius 3 is 2.67 bits per heavy atom. The average Bonchev–Trinajstić information content (AvgIpc) is 2.37. The Balaban J connectivity index is 2.12. The third-order valence-corrected chi connectivity index (χ3v) is 3.32. The number of ether oxygens (including phenoxy) is 1. The summed E-state index contributed by atoms with van der Waals surface area (Å²) in [4.78, 5) is 11.6. The summed E-state index contributed by atoms with van der Waals surface area (Å²) in [6, 6.07) is -0.156. The zero-order valence-electron chi connectivity index (χ0n) is 11.4. The molecule has 0 bridgehead atoms. The molecule has 106 valence electrons. The van der Waals surface area contributed by atoms with Crippen LogP contribution in [0, 0.1) is 5.92 Å². The maximum Gasteiger partial charge on any atom is 0.222 e. The molecule has 1 aliphatic heterocycles. The number of nitrogens with one attached hydrogen (secondary N) is 2. The quantitative estimate of drug-likeness (QED) is 0.613. The Labute approximate surface area is 109 Å². The second kappa shape index (κ2) is 8.45. The number of aliphatic hydroxyl groups is 1. The highest BCUT2D eigenvalue weighted by Gasteiger charge is 2.16. The average molecular weight is 258 g/mol. The molecule has 1 unspecified atom stereocenters. The Bertz CT molecular complexity index is 240. The Morgan fingerprint density at radius 2 is 2.11 bits per heavy atom. The highest BCUT2D eigenvalue weighted by molar-refractivity contribution is 5.76. The van der Waals surface area contributed by atoms with Crippen molar-refractivity contribution in [2.75, 3.05) is 26.3 Å². The summed E-state index contributed by atoms with van der Waals surface area (Å²) in [5.41, 5.74) is 0. The first-order valence-electron chi connectivity index (χ1n) is 6.86. The fraction of sp³-hybridized carbons (Fsp3) is 0.923. The molecule has 3 N–H and O–H groups in total. The predicted octanol–water partition coefficient (Wildman–Crippen LogP) is 0.278. The molecule has 5 nitrogen and oxygen atoms in total. The van der Waals surface area contributed by atoms with E-state index in [1.54, 1.807) is 0 Å². The van der Waals surface area contributed by atoms with Crippen LogP contribution in [-0.4, -0.2) is 49.5 Å². The van der Waals surface area contributed by atoms with E-state index in [-0.39, 0.29) is 30.6 Å². The highest BCUT2D eigenvalue weighted by atomic mass is 16.5. The molecule has 1 heterocycles. The van der Waals surface area contributed by atoms with Crippen LogP contribution in [0.1, 0.15) is 33.1 Å². The molecule has 0 aromatic carbocycles. The van der Waals surface area contributed by atoms with Gasteiger partial charge in [-0.3, -0.25) is 4.79 Å². The van der Waals surface area contributed by atoms with Gasteiger partial charge in [0.15, 0.2) is 0 Å². The number of rotatable bonds is 7. The van der Waals surface area contributed by atoms with Gasteiger partial charge >= 0.3 is 0 Å². The second-order valence-electron chi connectivity index (χ2n) is 5.17. The first-order valence-corrected chi connectivity index (χ1v) is 6.86. The minimum absolute atomic E-state index is 0.0153. The Hall–Kier alpha value is -0.650. The van der Waals surface area contributed by atoms with Crippen molar-refractivity contribution in [2.24, 2.45) is 5.92 Å². The summed E-state index contributed by atoms with van der Waals surface area (Å²) in [5, 5.41) is 15.2. The van der Waals surface area contributed by atoms with E-state index >= 15 is 0 Å². The lowest BCUT2D eigenvalue weighted by Crippen LogP contribution is -2.41. The van der Waals surface area contributed by atoms with Gasteiger partial charge in [-0.2, -0.15) is 0 Å². The largest absolute Gasteiger partial charge is 0.394 e. The van der Waals surface area contributed by atoms with Crippen molar-refractivity contribution in [3.05, 3.63) is 0 Å². The number of piperidine rings is 1. The van der Waals surface area contributed by atoms with Crippen LogP contribution in [0.4, 0.5) is 0 Å². The molecule has 0 aromatic rings. The summed E-state index contributed by atoms with van der Waals surface area (Å²) >= 11 is 0. The first-order chi connectivity index (χ1) is 8.63. The molecule has 0 aliphatic carbocycles. The molecule has 1 aliphatic rings. The van der Waals surface area contributed by atoms with Crippen molar-refractivity contribution in [2.45, 2.75) is 45.3 Å². The topological polar surface area (TPSA) is 70.6 Å². The van der Waals surface area contributed by atoms with E-state index in [1.165, 1.54) is 0 Å². The van der Waals surface area contributed by atoms with E-state index in [9.17, 15) is 4.79 Å². The van der Waals surface area contributed by atoms with Gasteiger partial charge in [-0.05, 0) is 31.8 Å². The number of aliphatic hydroxyl groups excluding tert-OH is 1. The lowest BCUT2D eigenvalue weighted by Gasteiger charge is -2.23. The lowest BCUT2D eigenvalue weighted by molar-refractivity contribution is -0.124. The third kappa shape index (κ3) is 5.80. The van der Waals surface area contributed by atoms with Crippen molar-refractivity contribution in [1.29, 1.82) is 0 Å². The molecule has 0 radical (unpaired) electrons. The van der Waals surface area contributed by atoms with E-state index in [1.807, 2.05) is 13.8 Å². The van der Waals surface area contributed by atoms with Gasteiger partial charge in [0.1, 0.15) is 0 Å². The number of amides is 1. The molecule has 1 atom stereocenters. The van der Waals surface area contributed by atoms with E-state index in [0.29, 0.717) is 13.0 Å². The number of hydrogen-bond acceptors (Lipinski definition) is 4. The first kappa shape index (κ1) is 15.4. The SMILES string of the molecule is CC(C)C(CO)NC(=O)CCOC1CCNCC1. The molecule has 1 amide bonds. The molecule has 1 fully saturated rings. The van der Waals surface area contributed by atoms with Crippen LogP contribution < -0.4 is 10.6 Å². The molecular weight excluding hydrogens is 232 g/mol. The fourth-order valence-corrected chi connectivity index (χ4v) is 1.98. The second-order valence-corrected chi connectivity index (χ2v) is 5.17. The van der Waals surface area contributed by atoms with E-state index in [4.69, 9.17) is 9.84 Å². The van der Waals surface area contributed by atoms with Gasteiger partial charge in [-0.1, -0.05) is 13.8 Å². The summed E-state index contributed by atoms with van der Waals surface area (Å²) in [7, 11) is 0. The van der Waals surface area contributed by atoms with Gasteiger partial charge in [0.05, 0.1) is 25.4 Å². The van der Waals surface area contributed by atoms with Gasteiger partial charge < -0.3 is 20.5 Å². The van der Waals surface area contributed by atoms with Crippen molar-refractivity contribution < 1.29 is 14.6 Å². The summed E-state index contributed by atoms with van der Waals surface area (Å²) in [6.45, 7) is 6.40. The van der Waals surface area contributed by atoms with E-state index in [0.717, 1.165) is 25.9 Å². The van der Waals surface area contributed by atoms with Crippen LogP contribution in [0.5, 0.6) is 0 Å². The molecule has 18 heavy (non-hydrogen) atoms. The Morgan fingerprint density at radius 1 is 1.44 bits per heavy atom. The molecule has 1 rings (SSSR count). The van der Waals surface area contributed by atoms with Crippen molar-refractivity contribution >= 4 is 5.91 Å². The smallest absolute Gasteiger partial charge is 0.222 e. The molecule has 5 heteroatoms. The van der Waals surface area contributed by atoms with Gasteiger partial charge in [0.25, 0.3) is 0 Å². The van der Waals surface area contributed by atoms with E-state index < -0.39 is 0 Å². The minimum Gasteiger partial charge on any atom is -0.394 e. The number of carbonyl (C=O) groups excluding carboxylic acids is 1. The number of hydrogen-bond donors (Lipinski definition) is 3. The molecular formula is C13H26N2O3. The maximum atomic E-state index is 11.6. The van der Waals surface area contributed by atoms with Crippen LogP contribution >= 0.6 is 0 Å². The number of carbonyl (C=O) groups is 1. The van der Waals surface area contributed by atoms with Crippen molar-refractivity contribution in [3.8, 4) is 0 Å². The minimum atomic E-state index is -0.156. The normalized spacial score (nSPS) is 18.9. The van der Waals surface area contributed by atoms with Gasteiger partial charge in [-0.15, -0.1) is 0 Å².